The first-order chi connectivity index (χ1) is 37.2. The number of nitrogens with zero attached hydrogens (tertiary/aromatic N) is 3. The Morgan fingerprint density at radius 3 is 1.08 bits per heavy atom. The Labute approximate surface area is 433 Å². The maximum atomic E-state index is 2.45. The van der Waals surface area contributed by atoms with Crippen LogP contribution in [0.1, 0.15) is 0 Å². The summed E-state index contributed by atoms with van der Waals surface area (Å²) in [6.07, 6.45) is 0. The van der Waals surface area contributed by atoms with E-state index in [1.165, 1.54) is 126 Å². The first kappa shape index (κ1) is 41.6. The Morgan fingerprint density at radius 2 is 0.560 bits per heavy atom. The molecule has 0 atom stereocenters. The number of hydrogen-bond acceptors (Lipinski definition) is 1. The van der Waals surface area contributed by atoms with Crippen LogP contribution < -0.4 is 4.90 Å². The van der Waals surface area contributed by atoms with Crippen LogP contribution in [-0.2, 0) is 0 Å². The number of hydrogen-bond donors (Lipinski definition) is 0. The molecule has 0 aliphatic heterocycles. The molecule has 3 heteroatoms. The molecule has 16 aromatic rings. The van der Waals surface area contributed by atoms with Gasteiger partial charge in [0.15, 0.2) is 0 Å². The highest BCUT2D eigenvalue weighted by Gasteiger charge is 2.20. The van der Waals surface area contributed by atoms with E-state index in [-0.39, 0.29) is 0 Å². The van der Waals surface area contributed by atoms with Crippen LogP contribution in [0.3, 0.4) is 0 Å². The molecule has 75 heavy (non-hydrogen) atoms. The fourth-order valence-electron chi connectivity index (χ4n) is 12.6. The van der Waals surface area contributed by atoms with Crippen LogP contribution in [0.25, 0.3) is 131 Å². The van der Waals surface area contributed by atoms with E-state index in [0.717, 1.165) is 22.7 Å². The van der Waals surface area contributed by atoms with Crippen LogP contribution in [-0.4, -0.2) is 8.97 Å². The van der Waals surface area contributed by atoms with Gasteiger partial charge in [-0.15, -0.1) is 0 Å². The molecule has 0 amide bonds. The van der Waals surface area contributed by atoms with Crippen molar-refractivity contribution in [1.82, 2.24) is 8.97 Å². The lowest BCUT2D eigenvalue weighted by Gasteiger charge is -2.26. The number of benzene rings is 13. The maximum Gasteiger partial charge on any atom is 0.0620 e. The van der Waals surface area contributed by atoms with Crippen LogP contribution in [0.15, 0.2) is 273 Å². The highest BCUT2D eigenvalue weighted by Crippen LogP contribution is 2.44. The quantitative estimate of drug-likeness (QED) is 0.145. The first-order valence-electron chi connectivity index (χ1n) is 25.9. The summed E-state index contributed by atoms with van der Waals surface area (Å²) in [6, 6.07) is 101. The van der Waals surface area contributed by atoms with Crippen molar-refractivity contribution in [2.24, 2.45) is 0 Å². The van der Waals surface area contributed by atoms with Gasteiger partial charge in [-0.25, -0.2) is 0 Å². The summed E-state index contributed by atoms with van der Waals surface area (Å²) in [6.45, 7) is 0. The molecule has 0 saturated carbocycles. The second-order valence-corrected chi connectivity index (χ2v) is 20.0. The highest BCUT2D eigenvalue weighted by atomic mass is 15.1. The van der Waals surface area contributed by atoms with E-state index in [1.54, 1.807) is 0 Å². The summed E-state index contributed by atoms with van der Waals surface area (Å²) in [5, 5.41) is 15.3. The Kier molecular flexibility index (Phi) is 9.04. The Bertz CT molecular complexity index is 4790. The molecule has 0 aliphatic carbocycles. The molecule has 13 aromatic carbocycles. The maximum absolute atomic E-state index is 2.45. The lowest BCUT2D eigenvalue weighted by Crippen LogP contribution is -2.09. The van der Waals surface area contributed by atoms with Crippen molar-refractivity contribution in [2.45, 2.75) is 0 Å². The standard InChI is InChI=1S/C72H45N3/c1-2-14-52(15-3-1)74-68-23-11-8-20-61(68)65-43-50(33-41-71(65)74)47-28-36-54(37-29-47)73(53-34-26-46(27-35-53)49-32-40-60-58-18-5-4-16-56(58)57-17-6-7-19-59(57)64(60)42-49)55-38-30-48(31-39-55)51-44-66-62-21-9-12-24-69(62)75-70-25-13-10-22-63(70)67(45-51)72(66)75/h1-45H. The SMILES string of the molecule is c1ccc(-n2c3ccccc3c3cc(-c4ccc(N(c5ccc(-c6ccc7c8ccccc8c8ccccc8c7c6)cc5)c5ccc(-c6cc7c8ccccc8n8c9ccccc9c(c6)c78)cc5)cc4)ccc32)cc1. The van der Waals surface area contributed by atoms with Gasteiger partial charge in [0.1, 0.15) is 0 Å². The zero-order valence-electron chi connectivity index (χ0n) is 40.8. The van der Waals surface area contributed by atoms with Crippen molar-refractivity contribution in [3.8, 4) is 39.1 Å². The van der Waals surface area contributed by atoms with Crippen molar-refractivity contribution in [1.29, 1.82) is 0 Å². The minimum Gasteiger partial charge on any atom is -0.311 e. The third-order valence-electron chi connectivity index (χ3n) is 16.0. The molecule has 16 rings (SSSR count). The van der Waals surface area contributed by atoms with Crippen molar-refractivity contribution >= 4 is 109 Å². The monoisotopic (exact) mass is 951 g/mol. The Morgan fingerprint density at radius 1 is 0.213 bits per heavy atom. The van der Waals surface area contributed by atoms with E-state index in [2.05, 4.69) is 287 Å². The summed E-state index contributed by atoms with van der Waals surface area (Å²) in [5.74, 6) is 0. The van der Waals surface area contributed by atoms with Crippen molar-refractivity contribution in [3.63, 3.8) is 0 Å². The van der Waals surface area contributed by atoms with Crippen molar-refractivity contribution in [2.75, 3.05) is 4.90 Å². The zero-order chi connectivity index (χ0) is 49.1. The molecule has 3 nitrogen and oxygen atoms in total. The van der Waals surface area contributed by atoms with Crippen molar-refractivity contribution in [3.05, 3.63) is 273 Å². The smallest absolute Gasteiger partial charge is 0.0620 e. The van der Waals surface area contributed by atoms with E-state index < -0.39 is 0 Å². The summed E-state index contributed by atoms with van der Waals surface area (Å²) >= 11 is 0. The molecule has 0 radical (unpaired) electrons. The van der Waals surface area contributed by atoms with Crippen LogP contribution in [0.4, 0.5) is 17.1 Å². The minimum absolute atomic E-state index is 1.09. The van der Waals surface area contributed by atoms with Gasteiger partial charge in [0.05, 0.1) is 27.6 Å². The lowest BCUT2D eigenvalue weighted by atomic mass is 9.92. The molecule has 348 valence electrons. The average molecular weight is 952 g/mol. The largest absolute Gasteiger partial charge is 0.311 e. The molecular formula is C72H45N3. The van der Waals surface area contributed by atoms with Gasteiger partial charge in [0.25, 0.3) is 0 Å². The molecular weight excluding hydrogens is 907 g/mol. The second kappa shape index (κ2) is 16.3. The average Bonchev–Trinajstić information content (AvgIpc) is 4.13. The van der Waals surface area contributed by atoms with Gasteiger partial charge in [-0.05, 0) is 163 Å². The van der Waals surface area contributed by atoms with E-state index in [9.17, 15) is 0 Å². The predicted octanol–water partition coefficient (Wildman–Crippen LogP) is 19.9. The molecule has 0 bridgehead atoms. The van der Waals surface area contributed by atoms with Gasteiger partial charge in [-0.3, -0.25) is 0 Å². The number of fused-ring (bicyclic) bond motifs is 15. The molecule has 3 aromatic heterocycles. The highest BCUT2D eigenvalue weighted by molar-refractivity contribution is 6.26. The number of aromatic nitrogens is 2. The van der Waals surface area contributed by atoms with E-state index >= 15 is 0 Å². The third-order valence-corrected chi connectivity index (χ3v) is 16.0. The third kappa shape index (κ3) is 6.35. The first-order valence-corrected chi connectivity index (χ1v) is 25.9. The molecule has 0 N–H and O–H groups in total. The van der Waals surface area contributed by atoms with Crippen LogP contribution in [0, 0.1) is 0 Å². The van der Waals surface area contributed by atoms with E-state index in [4.69, 9.17) is 0 Å². The van der Waals surface area contributed by atoms with Gasteiger partial charge in [0, 0.05) is 55.1 Å². The zero-order valence-corrected chi connectivity index (χ0v) is 40.8. The van der Waals surface area contributed by atoms with Gasteiger partial charge < -0.3 is 13.9 Å². The fourth-order valence-corrected chi connectivity index (χ4v) is 12.6. The Balaban J connectivity index is 0.806. The number of rotatable bonds is 7. The minimum atomic E-state index is 1.09. The summed E-state index contributed by atoms with van der Waals surface area (Å²) in [7, 11) is 0. The van der Waals surface area contributed by atoms with E-state index in [0.29, 0.717) is 0 Å². The van der Waals surface area contributed by atoms with E-state index in [1.807, 2.05) is 0 Å². The molecule has 0 fully saturated rings. The topological polar surface area (TPSA) is 12.6 Å². The van der Waals surface area contributed by atoms with Gasteiger partial charge in [-0.2, -0.15) is 0 Å². The van der Waals surface area contributed by atoms with Crippen LogP contribution in [0.5, 0.6) is 0 Å². The van der Waals surface area contributed by atoms with Crippen LogP contribution >= 0.6 is 0 Å². The molecule has 0 saturated heterocycles. The van der Waals surface area contributed by atoms with Crippen molar-refractivity contribution < 1.29 is 0 Å². The number of para-hydroxylation sites is 4. The summed E-state index contributed by atoms with van der Waals surface area (Å²) < 4.78 is 4.82. The molecule has 0 spiro atoms. The summed E-state index contributed by atoms with van der Waals surface area (Å²) in [4.78, 5) is 2.39. The van der Waals surface area contributed by atoms with Crippen LogP contribution in [0.2, 0.25) is 0 Å². The number of anilines is 3. The molecule has 3 heterocycles. The second-order valence-electron chi connectivity index (χ2n) is 20.0. The Hall–Kier alpha value is -9.96. The molecule has 0 unspecified atom stereocenters. The lowest BCUT2D eigenvalue weighted by molar-refractivity contribution is 1.18. The predicted molar refractivity (Wildman–Crippen MR) is 319 cm³/mol. The van der Waals surface area contributed by atoms with Gasteiger partial charge >= 0.3 is 0 Å². The van der Waals surface area contributed by atoms with Gasteiger partial charge in [-0.1, -0.05) is 176 Å². The normalized spacial score (nSPS) is 12.0. The fraction of sp³-hybridized carbons (Fsp3) is 0. The summed E-state index contributed by atoms with van der Waals surface area (Å²) in [5.41, 5.74) is 17.8. The molecule has 0 aliphatic rings. The van der Waals surface area contributed by atoms with Gasteiger partial charge in [0.2, 0.25) is 0 Å².